The zero-order chi connectivity index (χ0) is 14.8. The third-order valence-corrected chi connectivity index (χ3v) is 3.58. The predicted octanol–water partition coefficient (Wildman–Crippen LogP) is 3.35. The number of anilines is 2. The van der Waals surface area contributed by atoms with E-state index in [9.17, 15) is 9.90 Å². The maximum Gasteiger partial charge on any atom is 0.339 e. The molecule has 6 heteroatoms. The highest BCUT2D eigenvalue weighted by atomic mass is 35.5. The number of carbonyl (C=O) groups is 1. The molecule has 0 saturated carbocycles. The van der Waals surface area contributed by atoms with Gasteiger partial charge in [-0.3, -0.25) is 0 Å². The van der Waals surface area contributed by atoms with Gasteiger partial charge in [-0.1, -0.05) is 17.7 Å². The SMILES string of the molecule is O=C(O)c1cccc2c1OCCCN2c1ncccc1Cl. The summed E-state index contributed by atoms with van der Waals surface area (Å²) in [7, 11) is 0. The first-order valence-electron chi connectivity index (χ1n) is 6.55. The summed E-state index contributed by atoms with van der Waals surface area (Å²) < 4.78 is 5.64. The molecular formula is C15H13ClN2O3. The van der Waals surface area contributed by atoms with Crippen molar-refractivity contribution in [3.63, 3.8) is 0 Å². The number of pyridine rings is 1. The van der Waals surface area contributed by atoms with Crippen molar-refractivity contribution in [1.82, 2.24) is 4.98 Å². The minimum absolute atomic E-state index is 0.145. The summed E-state index contributed by atoms with van der Waals surface area (Å²) in [6, 6.07) is 8.56. The van der Waals surface area contributed by atoms with E-state index in [4.69, 9.17) is 16.3 Å². The molecule has 3 rings (SSSR count). The molecule has 0 unspecified atom stereocenters. The second-order valence-corrected chi connectivity index (χ2v) is 5.03. The number of aromatic nitrogens is 1. The van der Waals surface area contributed by atoms with Gasteiger partial charge in [-0.15, -0.1) is 0 Å². The Morgan fingerprint density at radius 3 is 2.95 bits per heavy atom. The summed E-state index contributed by atoms with van der Waals surface area (Å²) in [4.78, 5) is 17.6. The quantitative estimate of drug-likeness (QED) is 0.922. The summed E-state index contributed by atoms with van der Waals surface area (Å²) in [5.74, 6) is -0.0431. The van der Waals surface area contributed by atoms with Gasteiger partial charge in [0.1, 0.15) is 5.56 Å². The number of ether oxygens (including phenoxy) is 1. The van der Waals surface area contributed by atoms with Crippen LogP contribution in [0.15, 0.2) is 36.5 Å². The van der Waals surface area contributed by atoms with Crippen LogP contribution in [0.1, 0.15) is 16.8 Å². The van der Waals surface area contributed by atoms with Crippen molar-refractivity contribution in [1.29, 1.82) is 0 Å². The third-order valence-electron chi connectivity index (χ3n) is 3.28. The number of fused-ring (bicyclic) bond motifs is 1. The van der Waals surface area contributed by atoms with Gasteiger partial charge in [0.15, 0.2) is 11.6 Å². The Bertz CT molecular complexity index is 690. The maximum absolute atomic E-state index is 11.4. The minimum Gasteiger partial charge on any atom is -0.490 e. The third kappa shape index (κ3) is 2.52. The second kappa shape index (κ2) is 5.61. The average Bonchev–Trinajstić information content (AvgIpc) is 2.69. The molecular weight excluding hydrogens is 292 g/mol. The van der Waals surface area contributed by atoms with Gasteiger partial charge in [0.25, 0.3) is 0 Å². The molecule has 1 aliphatic heterocycles. The normalized spacial score (nSPS) is 14.0. The van der Waals surface area contributed by atoms with Crippen LogP contribution in [-0.4, -0.2) is 29.2 Å². The highest BCUT2D eigenvalue weighted by Crippen LogP contribution is 2.39. The van der Waals surface area contributed by atoms with Gasteiger partial charge >= 0.3 is 5.97 Å². The lowest BCUT2D eigenvalue weighted by Gasteiger charge is -2.24. The first-order chi connectivity index (χ1) is 10.2. The molecule has 1 aliphatic rings. The summed E-state index contributed by atoms with van der Waals surface area (Å²) in [6.45, 7) is 1.12. The summed E-state index contributed by atoms with van der Waals surface area (Å²) in [6.07, 6.45) is 2.41. The Labute approximate surface area is 126 Å². The smallest absolute Gasteiger partial charge is 0.339 e. The number of hydrogen-bond acceptors (Lipinski definition) is 4. The molecule has 0 bridgehead atoms. The van der Waals surface area contributed by atoms with Crippen LogP contribution in [0.5, 0.6) is 5.75 Å². The number of carboxylic acid groups (broad SMARTS) is 1. The molecule has 0 fully saturated rings. The number of hydrogen-bond donors (Lipinski definition) is 1. The van der Waals surface area contributed by atoms with Crippen LogP contribution in [0.25, 0.3) is 0 Å². The molecule has 0 saturated heterocycles. The zero-order valence-corrected chi connectivity index (χ0v) is 11.9. The van der Waals surface area contributed by atoms with Crippen molar-refractivity contribution in [2.75, 3.05) is 18.1 Å². The Kier molecular flexibility index (Phi) is 3.66. The fourth-order valence-corrected chi connectivity index (χ4v) is 2.59. The molecule has 2 heterocycles. The van der Waals surface area contributed by atoms with E-state index in [1.54, 1.807) is 24.4 Å². The van der Waals surface area contributed by atoms with Gasteiger partial charge < -0.3 is 14.7 Å². The van der Waals surface area contributed by atoms with Crippen molar-refractivity contribution in [3.05, 3.63) is 47.1 Å². The minimum atomic E-state index is -1.01. The van der Waals surface area contributed by atoms with E-state index in [1.165, 1.54) is 6.07 Å². The molecule has 0 amide bonds. The van der Waals surface area contributed by atoms with Crippen LogP contribution < -0.4 is 9.64 Å². The van der Waals surface area contributed by atoms with Crippen LogP contribution in [0.4, 0.5) is 11.5 Å². The fraction of sp³-hybridized carbons (Fsp3) is 0.200. The predicted molar refractivity (Wildman–Crippen MR) is 79.8 cm³/mol. The number of rotatable bonds is 2. The molecule has 0 radical (unpaired) electrons. The molecule has 5 nitrogen and oxygen atoms in total. The summed E-state index contributed by atoms with van der Waals surface area (Å²) in [5, 5.41) is 9.82. The van der Waals surface area contributed by atoms with Crippen molar-refractivity contribution in [3.8, 4) is 5.75 Å². The summed E-state index contributed by atoms with van der Waals surface area (Å²) in [5.41, 5.74) is 0.819. The maximum atomic E-state index is 11.4. The Hall–Kier alpha value is -2.27. The van der Waals surface area contributed by atoms with Crippen LogP contribution in [0.3, 0.4) is 0 Å². The van der Waals surface area contributed by atoms with Gasteiger partial charge in [-0.2, -0.15) is 0 Å². The topological polar surface area (TPSA) is 62.7 Å². The standard InChI is InChI=1S/C15H13ClN2O3/c16-11-5-2-7-17-14(11)18-8-3-9-21-13-10(15(19)20)4-1-6-12(13)18/h1-2,4-7H,3,8-9H2,(H,19,20). The fourth-order valence-electron chi connectivity index (χ4n) is 2.37. The molecule has 0 aliphatic carbocycles. The van der Waals surface area contributed by atoms with Gasteiger partial charge in [0, 0.05) is 12.7 Å². The van der Waals surface area contributed by atoms with Gasteiger partial charge in [0.2, 0.25) is 0 Å². The van der Waals surface area contributed by atoms with Gasteiger partial charge in [0.05, 0.1) is 17.3 Å². The second-order valence-electron chi connectivity index (χ2n) is 4.62. The van der Waals surface area contributed by atoms with Gasteiger partial charge in [-0.25, -0.2) is 9.78 Å². The Balaban J connectivity index is 2.16. The van der Waals surface area contributed by atoms with E-state index in [0.29, 0.717) is 35.4 Å². The van der Waals surface area contributed by atoms with Crippen molar-refractivity contribution in [2.45, 2.75) is 6.42 Å². The number of carboxylic acids is 1. The first kappa shape index (κ1) is 13.7. The van der Waals surface area contributed by atoms with Crippen LogP contribution in [-0.2, 0) is 0 Å². The number of halogens is 1. The number of nitrogens with zero attached hydrogens (tertiary/aromatic N) is 2. The van der Waals surface area contributed by atoms with Crippen LogP contribution in [0.2, 0.25) is 5.02 Å². The molecule has 0 spiro atoms. The van der Waals surface area contributed by atoms with Crippen molar-refractivity contribution in [2.24, 2.45) is 0 Å². The molecule has 21 heavy (non-hydrogen) atoms. The number of aromatic carboxylic acids is 1. The van der Waals surface area contributed by atoms with E-state index in [1.807, 2.05) is 11.0 Å². The average molecular weight is 305 g/mol. The van der Waals surface area contributed by atoms with Crippen LogP contribution in [0, 0.1) is 0 Å². The van der Waals surface area contributed by atoms with E-state index in [-0.39, 0.29) is 5.56 Å². The molecule has 108 valence electrons. The van der Waals surface area contributed by atoms with Crippen LogP contribution >= 0.6 is 11.6 Å². The molecule has 1 aromatic carbocycles. The van der Waals surface area contributed by atoms with Crippen molar-refractivity contribution < 1.29 is 14.6 Å². The molecule has 1 N–H and O–H groups in total. The molecule has 1 aromatic heterocycles. The monoisotopic (exact) mass is 304 g/mol. The largest absolute Gasteiger partial charge is 0.490 e. The lowest BCUT2D eigenvalue weighted by atomic mass is 10.1. The zero-order valence-electron chi connectivity index (χ0n) is 11.1. The molecule has 0 atom stereocenters. The van der Waals surface area contributed by atoms with Crippen molar-refractivity contribution >= 4 is 29.1 Å². The van der Waals surface area contributed by atoms with E-state index < -0.39 is 5.97 Å². The molecule has 2 aromatic rings. The number of benzene rings is 1. The van der Waals surface area contributed by atoms with E-state index >= 15 is 0 Å². The number of para-hydroxylation sites is 1. The highest BCUT2D eigenvalue weighted by molar-refractivity contribution is 6.33. The first-order valence-corrected chi connectivity index (χ1v) is 6.93. The van der Waals surface area contributed by atoms with E-state index in [0.717, 1.165) is 6.42 Å². The summed E-state index contributed by atoms with van der Waals surface area (Å²) >= 11 is 6.22. The Morgan fingerprint density at radius 1 is 1.33 bits per heavy atom. The Morgan fingerprint density at radius 2 is 2.19 bits per heavy atom. The lowest BCUT2D eigenvalue weighted by molar-refractivity contribution is 0.0692. The highest BCUT2D eigenvalue weighted by Gasteiger charge is 2.24. The van der Waals surface area contributed by atoms with Gasteiger partial charge in [-0.05, 0) is 30.7 Å². The van der Waals surface area contributed by atoms with E-state index in [2.05, 4.69) is 4.98 Å². The lowest BCUT2D eigenvalue weighted by Crippen LogP contribution is -2.19.